The first-order valence-electron chi connectivity index (χ1n) is 6.66. The normalized spacial score (nSPS) is 11.7. The summed E-state index contributed by atoms with van der Waals surface area (Å²) in [6.45, 7) is -2.67. The van der Waals surface area contributed by atoms with Gasteiger partial charge in [-0.05, 0) is 52.2 Å². The Kier molecular flexibility index (Phi) is 6.09. The predicted octanol–water partition coefficient (Wildman–Crippen LogP) is 3.57. The van der Waals surface area contributed by atoms with Crippen LogP contribution in [0, 0.1) is 0 Å². The Morgan fingerprint density at radius 3 is 2.35 bits per heavy atom. The van der Waals surface area contributed by atoms with Gasteiger partial charge in [-0.15, -0.1) is 0 Å². The minimum absolute atomic E-state index is 0.0672. The van der Waals surface area contributed by atoms with E-state index in [4.69, 9.17) is 0 Å². The molecule has 0 aliphatic carbocycles. The average molecular weight is 406 g/mol. The van der Waals surface area contributed by atoms with E-state index in [9.17, 15) is 17.2 Å². The third-order valence-corrected chi connectivity index (χ3v) is 5.45. The van der Waals surface area contributed by atoms with Crippen molar-refractivity contribution < 1.29 is 21.9 Å². The molecule has 1 N–H and O–H groups in total. The molecule has 8 heteroatoms. The molecular formula is C15H14BrF2NO3S. The Balaban J connectivity index is 1.93. The van der Waals surface area contributed by atoms with Gasteiger partial charge in [-0.3, -0.25) is 0 Å². The summed E-state index contributed by atoms with van der Waals surface area (Å²) in [6.07, 6.45) is 0.429. The van der Waals surface area contributed by atoms with Crippen LogP contribution in [-0.4, -0.2) is 21.6 Å². The summed E-state index contributed by atoms with van der Waals surface area (Å²) in [5.41, 5.74) is 0.807. The van der Waals surface area contributed by atoms with Crippen LogP contribution in [0.5, 0.6) is 5.75 Å². The van der Waals surface area contributed by atoms with Crippen molar-refractivity contribution in [1.82, 2.24) is 4.72 Å². The van der Waals surface area contributed by atoms with E-state index >= 15 is 0 Å². The lowest BCUT2D eigenvalue weighted by Gasteiger charge is -2.09. The molecule has 0 unspecified atom stereocenters. The zero-order chi connectivity index (χ0) is 16.9. The number of sulfonamides is 1. The molecule has 4 nitrogen and oxygen atoms in total. The van der Waals surface area contributed by atoms with Crippen molar-refractivity contribution in [2.75, 3.05) is 6.54 Å². The van der Waals surface area contributed by atoms with Gasteiger partial charge in [0.1, 0.15) is 5.75 Å². The Morgan fingerprint density at radius 2 is 1.74 bits per heavy atom. The van der Waals surface area contributed by atoms with Crippen molar-refractivity contribution in [3.63, 3.8) is 0 Å². The topological polar surface area (TPSA) is 55.4 Å². The second-order valence-corrected chi connectivity index (χ2v) is 7.19. The summed E-state index contributed by atoms with van der Waals surface area (Å²) in [5.74, 6) is 0.0672. The maximum Gasteiger partial charge on any atom is 0.387 e. The number of hydrogen-bond acceptors (Lipinski definition) is 3. The van der Waals surface area contributed by atoms with Gasteiger partial charge in [0, 0.05) is 11.0 Å². The van der Waals surface area contributed by atoms with Crippen molar-refractivity contribution in [2.45, 2.75) is 17.9 Å². The zero-order valence-electron chi connectivity index (χ0n) is 11.9. The minimum atomic E-state index is -3.61. The Bertz CT molecular complexity index is 752. The lowest BCUT2D eigenvalue weighted by atomic mass is 10.1. The molecule has 0 saturated heterocycles. The summed E-state index contributed by atoms with van der Waals surface area (Å²) in [6, 6.07) is 12.6. The van der Waals surface area contributed by atoms with Gasteiger partial charge in [0.2, 0.25) is 10.0 Å². The highest BCUT2D eigenvalue weighted by Crippen LogP contribution is 2.21. The lowest BCUT2D eigenvalue weighted by molar-refractivity contribution is -0.0498. The number of hydrogen-bond donors (Lipinski definition) is 1. The molecule has 2 aromatic rings. The SMILES string of the molecule is O=S(=O)(NCCc1ccc(OC(F)F)cc1)c1ccccc1Br. The first-order chi connectivity index (χ1) is 10.9. The van der Waals surface area contributed by atoms with Gasteiger partial charge in [0.15, 0.2) is 0 Å². The fourth-order valence-corrected chi connectivity index (χ4v) is 3.94. The van der Waals surface area contributed by atoms with E-state index < -0.39 is 16.6 Å². The molecule has 0 heterocycles. The summed E-state index contributed by atoms with van der Waals surface area (Å²) in [5, 5.41) is 0. The fraction of sp³-hybridized carbons (Fsp3) is 0.200. The van der Waals surface area contributed by atoms with Crippen LogP contribution in [0.2, 0.25) is 0 Å². The summed E-state index contributed by atoms with van der Waals surface area (Å²) < 4.78 is 55.7. The number of rotatable bonds is 7. The molecule has 0 aromatic heterocycles. The van der Waals surface area contributed by atoms with Gasteiger partial charge < -0.3 is 4.74 Å². The molecule has 0 radical (unpaired) electrons. The quantitative estimate of drug-likeness (QED) is 0.765. The van der Waals surface area contributed by atoms with E-state index in [1.165, 1.54) is 18.2 Å². The molecule has 124 valence electrons. The fourth-order valence-electron chi connectivity index (χ4n) is 1.91. The smallest absolute Gasteiger partial charge is 0.387 e. The van der Waals surface area contributed by atoms with Crippen molar-refractivity contribution in [2.24, 2.45) is 0 Å². The lowest BCUT2D eigenvalue weighted by Crippen LogP contribution is -2.26. The minimum Gasteiger partial charge on any atom is -0.435 e. The number of halogens is 3. The van der Waals surface area contributed by atoms with Gasteiger partial charge >= 0.3 is 6.61 Å². The molecular weight excluding hydrogens is 392 g/mol. The number of benzene rings is 2. The first kappa shape index (κ1) is 17.8. The molecule has 2 aromatic carbocycles. The van der Waals surface area contributed by atoms with Crippen LogP contribution in [0.25, 0.3) is 0 Å². The van der Waals surface area contributed by atoms with Crippen LogP contribution in [0.4, 0.5) is 8.78 Å². The van der Waals surface area contributed by atoms with Crippen LogP contribution in [0.15, 0.2) is 57.9 Å². The molecule has 23 heavy (non-hydrogen) atoms. The average Bonchev–Trinajstić information content (AvgIpc) is 2.48. The molecule has 0 aliphatic rings. The van der Waals surface area contributed by atoms with Crippen LogP contribution >= 0.6 is 15.9 Å². The van der Waals surface area contributed by atoms with E-state index in [1.807, 2.05) is 0 Å². The summed E-state index contributed by atoms with van der Waals surface area (Å²) >= 11 is 3.20. The van der Waals surface area contributed by atoms with Crippen molar-refractivity contribution in [1.29, 1.82) is 0 Å². The molecule has 0 bridgehead atoms. The molecule has 0 spiro atoms. The van der Waals surface area contributed by atoms with Gasteiger partial charge in [-0.2, -0.15) is 8.78 Å². The second kappa shape index (κ2) is 7.85. The van der Waals surface area contributed by atoms with E-state index in [-0.39, 0.29) is 17.2 Å². The van der Waals surface area contributed by atoms with Crippen LogP contribution in [0.1, 0.15) is 5.56 Å². The summed E-state index contributed by atoms with van der Waals surface area (Å²) in [4.78, 5) is 0.167. The Hall–Kier alpha value is -1.51. The monoisotopic (exact) mass is 405 g/mol. The van der Waals surface area contributed by atoms with E-state index in [2.05, 4.69) is 25.4 Å². The molecule has 0 saturated carbocycles. The highest BCUT2D eigenvalue weighted by molar-refractivity contribution is 9.10. The summed E-state index contributed by atoms with van der Waals surface area (Å²) in [7, 11) is -3.61. The van der Waals surface area contributed by atoms with Crippen LogP contribution in [0.3, 0.4) is 0 Å². The number of alkyl halides is 2. The standard InChI is InChI=1S/C15H14BrF2NO3S/c16-13-3-1-2-4-14(13)23(20,21)19-10-9-11-5-7-12(8-6-11)22-15(17)18/h1-8,15,19H,9-10H2. The Morgan fingerprint density at radius 1 is 1.09 bits per heavy atom. The number of ether oxygens (including phenoxy) is 1. The predicted molar refractivity (Wildman–Crippen MR) is 86.1 cm³/mol. The van der Waals surface area contributed by atoms with Gasteiger partial charge in [-0.25, -0.2) is 13.1 Å². The van der Waals surface area contributed by atoms with Crippen LogP contribution in [-0.2, 0) is 16.4 Å². The van der Waals surface area contributed by atoms with Gasteiger partial charge in [0.05, 0.1) is 4.90 Å². The molecule has 0 atom stereocenters. The van der Waals surface area contributed by atoms with Gasteiger partial charge in [-0.1, -0.05) is 24.3 Å². The van der Waals surface area contributed by atoms with Crippen LogP contribution < -0.4 is 9.46 Å². The third kappa shape index (κ3) is 5.26. The van der Waals surface area contributed by atoms with E-state index in [0.29, 0.717) is 10.9 Å². The van der Waals surface area contributed by atoms with Crippen molar-refractivity contribution in [3.8, 4) is 5.75 Å². The molecule has 0 amide bonds. The first-order valence-corrected chi connectivity index (χ1v) is 8.94. The van der Waals surface area contributed by atoms with Crippen molar-refractivity contribution in [3.05, 3.63) is 58.6 Å². The zero-order valence-corrected chi connectivity index (χ0v) is 14.3. The highest BCUT2D eigenvalue weighted by atomic mass is 79.9. The molecule has 2 rings (SSSR count). The maximum atomic E-state index is 12.2. The van der Waals surface area contributed by atoms with Gasteiger partial charge in [0.25, 0.3) is 0 Å². The molecule has 0 fully saturated rings. The number of nitrogens with one attached hydrogen (secondary N) is 1. The highest BCUT2D eigenvalue weighted by Gasteiger charge is 2.16. The maximum absolute atomic E-state index is 12.2. The van der Waals surface area contributed by atoms with Crippen molar-refractivity contribution >= 4 is 26.0 Å². The largest absolute Gasteiger partial charge is 0.435 e. The van der Waals surface area contributed by atoms with E-state index in [0.717, 1.165) is 5.56 Å². The third-order valence-electron chi connectivity index (χ3n) is 2.98. The Labute approximate surface area is 141 Å². The van der Waals surface area contributed by atoms with E-state index in [1.54, 1.807) is 30.3 Å². The second-order valence-electron chi connectivity index (χ2n) is 4.60. The molecule has 0 aliphatic heterocycles.